The highest BCUT2D eigenvalue weighted by molar-refractivity contribution is 6.04. The lowest BCUT2D eigenvalue weighted by Gasteiger charge is -2.28. The third-order valence-electron chi connectivity index (χ3n) is 5.60. The first kappa shape index (κ1) is 20.8. The number of benzene rings is 3. The molecule has 2 amide bonds. The molecule has 31 heavy (non-hydrogen) atoms. The van der Waals surface area contributed by atoms with Gasteiger partial charge in [-0.1, -0.05) is 66.2 Å². The molecule has 0 aliphatic carbocycles. The van der Waals surface area contributed by atoms with E-state index in [9.17, 15) is 9.59 Å². The molecule has 5 nitrogen and oxygen atoms in total. The highest BCUT2D eigenvalue weighted by Crippen LogP contribution is 2.19. The van der Waals surface area contributed by atoms with Crippen molar-refractivity contribution in [2.45, 2.75) is 26.4 Å². The van der Waals surface area contributed by atoms with E-state index in [1.54, 1.807) is 18.2 Å². The molecule has 0 bridgehead atoms. The topological polar surface area (TPSA) is 61.4 Å². The quantitative estimate of drug-likeness (QED) is 0.644. The zero-order valence-corrected chi connectivity index (χ0v) is 17.7. The van der Waals surface area contributed by atoms with Gasteiger partial charge >= 0.3 is 0 Å². The van der Waals surface area contributed by atoms with Crippen molar-refractivity contribution in [1.82, 2.24) is 10.2 Å². The summed E-state index contributed by atoms with van der Waals surface area (Å²) in [5.74, 6) is -0.318. The highest BCUT2D eigenvalue weighted by Gasteiger charge is 2.19. The van der Waals surface area contributed by atoms with Crippen molar-refractivity contribution in [2.24, 2.45) is 0 Å². The van der Waals surface area contributed by atoms with E-state index in [2.05, 4.69) is 33.7 Å². The van der Waals surface area contributed by atoms with E-state index in [1.807, 2.05) is 43.3 Å². The molecule has 3 aromatic carbocycles. The first-order valence-electron chi connectivity index (χ1n) is 10.6. The molecule has 0 unspecified atom stereocenters. The van der Waals surface area contributed by atoms with Crippen molar-refractivity contribution in [3.05, 3.63) is 101 Å². The summed E-state index contributed by atoms with van der Waals surface area (Å²) in [4.78, 5) is 27.6. The first-order chi connectivity index (χ1) is 15.1. The number of fused-ring (bicyclic) bond motifs is 1. The number of aryl methyl sites for hydroxylation is 1. The average Bonchev–Trinajstić information content (AvgIpc) is 2.79. The Kier molecular flexibility index (Phi) is 6.43. The van der Waals surface area contributed by atoms with Crippen molar-refractivity contribution < 1.29 is 9.59 Å². The number of nitrogens with one attached hydrogen (secondary N) is 2. The number of anilines is 1. The highest BCUT2D eigenvalue weighted by atomic mass is 16.2. The molecule has 158 valence electrons. The zero-order chi connectivity index (χ0) is 21.6. The number of nitrogens with zero attached hydrogens (tertiary/aromatic N) is 1. The Morgan fingerprint density at radius 2 is 1.61 bits per heavy atom. The minimum atomic E-state index is -0.205. The lowest BCUT2D eigenvalue weighted by molar-refractivity contribution is -0.117. The maximum atomic E-state index is 12.7. The molecule has 5 heteroatoms. The van der Waals surface area contributed by atoms with Gasteiger partial charge in [0.2, 0.25) is 5.91 Å². The van der Waals surface area contributed by atoms with Crippen LogP contribution >= 0.6 is 0 Å². The predicted molar refractivity (Wildman–Crippen MR) is 123 cm³/mol. The Morgan fingerprint density at radius 1 is 0.903 bits per heavy atom. The third-order valence-corrected chi connectivity index (χ3v) is 5.60. The monoisotopic (exact) mass is 413 g/mol. The number of rotatable bonds is 6. The molecule has 0 saturated carbocycles. The van der Waals surface area contributed by atoms with Crippen LogP contribution in [-0.4, -0.2) is 29.8 Å². The molecule has 0 spiro atoms. The average molecular weight is 414 g/mol. The summed E-state index contributed by atoms with van der Waals surface area (Å²) in [6.45, 7) is 4.39. The molecule has 3 aromatic rings. The Morgan fingerprint density at radius 3 is 2.42 bits per heavy atom. The van der Waals surface area contributed by atoms with Crippen molar-refractivity contribution in [2.75, 3.05) is 18.4 Å². The summed E-state index contributed by atoms with van der Waals surface area (Å²) in [6, 6.07) is 23.5. The van der Waals surface area contributed by atoms with Crippen LogP contribution in [0.1, 0.15) is 32.6 Å². The van der Waals surface area contributed by atoms with Crippen LogP contribution in [0.4, 0.5) is 5.69 Å². The van der Waals surface area contributed by atoms with Crippen LogP contribution < -0.4 is 10.6 Å². The van der Waals surface area contributed by atoms with Gasteiger partial charge < -0.3 is 10.6 Å². The van der Waals surface area contributed by atoms with E-state index in [1.165, 1.54) is 16.7 Å². The van der Waals surface area contributed by atoms with Crippen LogP contribution in [0.5, 0.6) is 0 Å². The SMILES string of the molecule is Cc1ccc(CNC(=O)c2ccccc2NC(=O)CN2CCc3ccccc3C2)cc1. The summed E-state index contributed by atoms with van der Waals surface area (Å²) < 4.78 is 0. The smallest absolute Gasteiger partial charge is 0.253 e. The van der Waals surface area contributed by atoms with Gasteiger partial charge in [-0.2, -0.15) is 0 Å². The standard InChI is InChI=1S/C26H27N3O2/c1-19-10-12-20(13-11-19)16-27-26(31)23-8-4-5-9-24(23)28-25(30)18-29-15-14-21-6-2-3-7-22(21)17-29/h2-13H,14-18H2,1H3,(H,27,31)(H,28,30). The van der Waals surface area contributed by atoms with Crippen molar-refractivity contribution in [3.8, 4) is 0 Å². The van der Waals surface area contributed by atoms with Crippen LogP contribution in [0.25, 0.3) is 0 Å². The minimum absolute atomic E-state index is 0.113. The van der Waals surface area contributed by atoms with E-state index in [0.29, 0.717) is 24.3 Å². The van der Waals surface area contributed by atoms with Gasteiger partial charge in [0, 0.05) is 19.6 Å². The molecule has 0 fully saturated rings. The Balaban J connectivity index is 1.36. The summed E-state index contributed by atoms with van der Waals surface area (Å²) in [6.07, 6.45) is 0.946. The van der Waals surface area contributed by atoms with Crippen molar-refractivity contribution >= 4 is 17.5 Å². The van der Waals surface area contributed by atoms with Crippen LogP contribution in [0.2, 0.25) is 0 Å². The molecule has 1 aliphatic rings. The zero-order valence-electron chi connectivity index (χ0n) is 17.7. The fourth-order valence-corrected chi connectivity index (χ4v) is 3.86. The molecular weight excluding hydrogens is 386 g/mol. The van der Waals surface area contributed by atoms with E-state index in [4.69, 9.17) is 0 Å². The van der Waals surface area contributed by atoms with Crippen molar-refractivity contribution in [1.29, 1.82) is 0 Å². The molecule has 1 aliphatic heterocycles. The van der Waals surface area contributed by atoms with Gasteiger partial charge in [-0.05, 0) is 42.2 Å². The lowest BCUT2D eigenvalue weighted by Crippen LogP contribution is -2.37. The number of carbonyl (C=O) groups is 2. The van der Waals surface area contributed by atoms with Gasteiger partial charge in [-0.3, -0.25) is 14.5 Å². The molecule has 0 atom stereocenters. The third kappa shape index (κ3) is 5.38. The summed E-state index contributed by atoms with van der Waals surface area (Å²) in [5, 5.41) is 5.87. The van der Waals surface area contributed by atoms with E-state index < -0.39 is 0 Å². The number of para-hydroxylation sites is 1. The normalized spacial score (nSPS) is 13.3. The molecule has 0 aromatic heterocycles. The Hall–Kier alpha value is -3.44. The second-order valence-electron chi connectivity index (χ2n) is 7.99. The largest absolute Gasteiger partial charge is 0.348 e. The van der Waals surface area contributed by atoms with Crippen LogP contribution in [0, 0.1) is 6.92 Å². The van der Waals surface area contributed by atoms with E-state index in [0.717, 1.165) is 25.1 Å². The van der Waals surface area contributed by atoms with Gasteiger partial charge in [-0.15, -0.1) is 0 Å². The second-order valence-corrected chi connectivity index (χ2v) is 7.99. The molecule has 0 saturated heterocycles. The number of carbonyl (C=O) groups excluding carboxylic acids is 2. The van der Waals surface area contributed by atoms with Crippen LogP contribution in [0.3, 0.4) is 0 Å². The molecule has 2 N–H and O–H groups in total. The molecule has 0 radical (unpaired) electrons. The van der Waals surface area contributed by atoms with Crippen LogP contribution in [-0.2, 0) is 24.3 Å². The lowest BCUT2D eigenvalue weighted by atomic mass is 10.00. The second kappa shape index (κ2) is 9.58. The predicted octanol–water partition coefficient (Wildman–Crippen LogP) is 3.92. The molecular formula is C26H27N3O2. The van der Waals surface area contributed by atoms with Gasteiger partial charge in [-0.25, -0.2) is 0 Å². The number of hydrogen-bond acceptors (Lipinski definition) is 3. The number of hydrogen-bond donors (Lipinski definition) is 2. The molecule has 1 heterocycles. The first-order valence-corrected chi connectivity index (χ1v) is 10.6. The maximum absolute atomic E-state index is 12.7. The van der Waals surface area contributed by atoms with Gasteiger partial charge in [0.15, 0.2) is 0 Å². The number of amides is 2. The maximum Gasteiger partial charge on any atom is 0.253 e. The van der Waals surface area contributed by atoms with Crippen LogP contribution in [0.15, 0.2) is 72.8 Å². The Labute approximate surface area is 183 Å². The summed E-state index contributed by atoms with van der Waals surface area (Å²) in [5.41, 5.74) is 5.84. The van der Waals surface area contributed by atoms with Gasteiger partial charge in [0.25, 0.3) is 5.91 Å². The van der Waals surface area contributed by atoms with Crippen molar-refractivity contribution in [3.63, 3.8) is 0 Å². The fourth-order valence-electron chi connectivity index (χ4n) is 3.86. The summed E-state index contributed by atoms with van der Waals surface area (Å²) in [7, 11) is 0. The van der Waals surface area contributed by atoms with E-state index in [-0.39, 0.29) is 11.8 Å². The minimum Gasteiger partial charge on any atom is -0.348 e. The summed E-state index contributed by atoms with van der Waals surface area (Å²) >= 11 is 0. The Bertz CT molecular complexity index is 1080. The van der Waals surface area contributed by atoms with Gasteiger partial charge in [0.05, 0.1) is 17.8 Å². The van der Waals surface area contributed by atoms with Gasteiger partial charge in [0.1, 0.15) is 0 Å². The fraction of sp³-hybridized carbons (Fsp3) is 0.231. The molecule has 4 rings (SSSR count). The van der Waals surface area contributed by atoms with E-state index >= 15 is 0 Å².